The lowest BCUT2D eigenvalue weighted by Crippen LogP contribution is -1.99. The van der Waals surface area contributed by atoms with Crippen molar-refractivity contribution in [1.82, 2.24) is 0 Å². The van der Waals surface area contributed by atoms with Gasteiger partial charge in [0.05, 0.1) is 0 Å². The smallest absolute Gasteiger partial charge is 0.0352 e. The van der Waals surface area contributed by atoms with Crippen LogP contribution < -0.4 is 0 Å². The molecule has 21 rings (SSSR count). The summed E-state index contributed by atoms with van der Waals surface area (Å²) in [7, 11) is 0. The summed E-state index contributed by atoms with van der Waals surface area (Å²) in [6.07, 6.45) is 2.04. The highest BCUT2D eigenvalue weighted by molar-refractivity contribution is 5.91. The van der Waals surface area contributed by atoms with E-state index in [0.29, 0.717) is 0 Å². The van der Waals surface area contributed by atoms with Gasteiger partial charge in [0.25, 0.3) is 0 Å². The molecule has 0 fully saturated rings. The molecule has 0 spiro atoms. The lowest BCUT2D eigenvalue weighted by atomic mass is 9.86. The van der Waals surface area contributed by atoms with Crippen LogP contribution >= 0.6 is 0 Å². The summed E-state index contributed by atoms with van der Waals surface area (Å²) in [5.41, 5.74) is 46.9. The second-order valence-electron chi connectivity index (χ2n) is 28.9. The maximum atomic E-state index is 2.43. The Kier molecular flexibility index (Phi) is 15.6. The Balaban J connectivity index is 0.000000141. The molecule has 0 aliphatic heterocycles. The molecule has 0 amide bonds. The molecule has 0 heterocycles. The fraction of sp³-hybridized carbons (Fsp3) is 0.0377. The van der Waals surface area contributed by atoms with Crippen LogP contribution in [0.4, 0.5) is 0 Å². The van der Waals surface area contributed by atoms with E-state index in [-0.39, 0.29) is 11.8 Å². The van der Waals surface area contributed by atoms with Crippen molar-refractivity contribution in [2.75, 3.05) is 0 Å². The first-order valence-electron chi connectivity index (χ1n) is 37.2. The van der Waals surface area contributed by atoms with Gasteiger partial charge in [0.15, 0.2) is 0 Å². The first-order valence-corrected chi connectivity index (χ1v) is 37.2. The molecule has 0 radical (unpaired) electrons. The van der Waals surface area contributed by atoms with E-state index in [1.807, 2.05) is 0 Å². The van der Waals surface area contributed by atoms with Crippen molar-refractivity contribution in [3.05, 3.63) is 456 Å². The second-order valence-corrected chi connectivity index (χ2v) is 28.9. The first-order chi connectivity index (χ1) is 52.5. The summed E-state index contributed by atoms with van der Waals surface area (Å²) in [5, 5.41) is 0. The highest BCUT2D eigenvalue weighted by Gasteiger charge is 2.33. The molecule has 0 nitrogen and oxygen atoms in total. The van der Waals surface area contributed by atoms with E-state index >= 15 is 0 Å². The van der Waals surface area contributed by atoms with Gasteiger partial charge in [-0.1, -0.05) is 340 Å². The number of rotatable bonds is 11. The van der Waals surface area contributed by atoms with Crippen molar-refractivity contribution in [3.63, 3.8) is 0 Å². The molecule has 0 N–H and O–H groups in total. The molecule has 17 aromatic rings. The molecule has 2 unspecified atom stereocenters. The van der Waals surface area contributed by atoms with Gasteiger partial charge >= 0.3 is 0 Å². The zero-order valence-electron chi connectivity index (χ0n) is 58.7. The quantitative estimate of drug-likeness (QED) is 0.121. The van der Waals surface area contributed by atoms with Gasteiger partial charge in [-0.05, 0) is 274 Å². The van der Waals surface area contributed by atoms with Gasteiger partial charge in [-0.15, -0.1) is 0 Å². The summed E-state index contributed by atoms with van der Waals surface area (Å²) < 4.78 is 0. The summed E-state index contributed by atoms with van der Waals surface area (Å²) >= 11 is 0. The Morgan fingerprint density at radius 1 is 0.132 bits per heavy atom. The molecule has 0 bridgehead atoms. The fourth-order valence-electron chi connectivity index (χ4n) is 17.5. The third kappa shape index (κ3) is 11.4. The minimum atomic E-state index is 0.157. The van der Waals surface area contributed by atoms with Gasteiger partial charge in [0.2, 0.25) is 0 Å². The van der Waals surface area contributed by atoms with Crippen LogP contribution in [0, 0.1) is 0 Å². The monoisotopic (exact) mass is 1340 g/mol. The predicted molar refractivity (Wildman–Crippen MR) is 444 cm³/mol. The Morgan fingerprint density at radius 3 is 0.764 bits per heavy atom. The zero-order valence-corrected chi connectivity index (χ0v) is 58.7. The molecule has 4 aliphatic carbocycles. The third-order valence-electron chi connectivity index (χ3n) is 22.7. The van der Waals surface area contributed by atoms with E-state index in [9.17, 15) is 0 Å². The second kappa shape index (κ2) is 26.5. The van der Waals surface area contributed by atoms with Crippen molar-refractivity contribution in [2.45, 2.75) is 24.7 Å². The third-order valence-corrected chi connectivity index (χ3v) is 22.7. The van der Waals surface area contributed by atoms with Crippen LogP contribution in [0.15, 0.2) is 400 Å². The summed E-state index contributed by atoms with van der Waals surface area (Å²) in [6.45, 7) is 0. The maximum Gasteiger partial charge on any atom is 0.0352 e. The molecule has 0 saturated carbocycles. The van der Waals surface area contributed by atoms with Crippen LogP contribution in [-0.2, 0) is 12.8 Å². The Labute approximate surface area is 621 Å². The van der Waals surface area contributed by atoms with Crippen LogP contribution in [0.3, 0.4) is 0 Å². The normalized spacial score (nSPS) is 13.6. The van der Waals surface area contributed by atoms with Crippen molar-refractivity contribution >= 4 is 0 Å². The number of fused-ring (bicyclic) bond motifs is 12. The van der Waals surface area contributed by atoms with Gasteiger partial charge in [-0.25, -0.2) is 0 Å². The van der Waals surface area contributed by atoms with Crippen molar-refractivity contribution < 1.29 is 0 Å². The van der Waals surface area contributed by atoms with Crippen LogP contribution in [-0.4, -0.2) is 0 Å². The number of hydrogen-bond donors (Lipinski definition) is 0. The molecule has 106 heavy (non-hydrogen) atoms. The van der Waals surface area contributed by atoms with Crippen LogP contribution in [0.5, 0.6) is 0 Å². The highest BCUT2D eigenvalue weighted by Crippen LogP contribution is 2.53. The number of benzene rings is 17. The van der Waals surface area contributed by atoms with Gasteiger partial charge < -0.3 is 0 Å². The topological polar surface area (TPSA) is 0 Å². The Hall–Kier alpha value is -13.3. The van der Waals surface area contributed by atoms with Crippen LogP contribution in [0.2, 0.25) is 0 Å². The minimum absolute atomic E-state index is 0.157. The van der Waals surface area contributed by atoms with E-state index in [1.165, 1.54) is 200 Å². The maximum absolute atomic E-state index is 2.43. The lowest BCUT2D eigenvalue weighted by Gasteiger charge is -2.17. The van der Waals surface area contributed by atoms with Crippen LogP contribution in [0.25, 0.3) is 145 Å². The van der Waals surface area contributed by atoms with E-state index in [2.05, 4.69) is 400 Å². The highest BCUT2D eigenvalue weighted by atomic mass is 14.4. The van der Waals surface area contributed by atoms with E-state index in [1.54, 1.807) is 0 Å². The van der Waals surface area contributed by atoms with Crippen molar-refractivity contribution in [3.8, 4) is 145 Å². The van der Waals surface area contributed by atoms with Crippen molar-refractivity contribution in [1.29, 1.82) is 0 Å². The molecule has 496 valence electrons. The van der Waals surface area contributed by atoms with E-state index < -0.39 is 0 Å². The lowest BCUT2D eigenvalue weighted by molar-refractivity contribution is 1.02. The molecular formula is C106H72. The average Bonchev–Trinajstić information content (AvgIpc) is 1.59. The standard InChI is InChI=1S/C56H38.C50H34/c1-3-12-37(13-4-1)39-22-24-40(25-23-39)48-32-47(38-14-5-2-6-15-38)33-49(34-48)41-17-11-18-46(30-41)56-52-21-10-9-20-51(52)55-36-43(28-29-53(55)56)42-26-27-45-31-44-16-7-8-19-50(44)54(45)35-42;1-3-12-33(13-4-1)41-28-42(34-14-5-2-6-15-34)30-43(29-41)35-17-11-18-40(26-35)50-46-21-10-9-20-45(46)49-32-37(24-25-47(49)50)36-22-23-39-27-38-16-7-8-19-44(38)48(39)31-36/h1-30,32-36,56H,31H2;1-26,28-32,50H,27H2. The van der Waals surface area contributed by atoms with Gasteiger partial charge in [-0.3, -0.25) is 0 Å². The largest absolute Gasteiger partial charge is 0.0622 e. The molecule has 17 aromatic carbocycles. The zero-order chi connectivity index (χ0) is 70.0. The van der Waals surface area contributed by atoms with Crippen molar-refractivity contribution in [2.24, 2.45) is 0 Å². The Morgan fingerprint density at radius 2 is 0.377 bits per heavy atom. The van der Waals surface area contributed by atoms with Gasteiger partial charge in [0.1, 0.15) is 0 Å². The van der Waals surface area contributed by atoms with Gasteiger partial charge in [-0.2, -0.15) is 0 Å². The SMILES string of the molecule is c1ccc(-c2cc(-c3ccccc3)cc(-c3cccc(C4c5ccccc5-c5cc(-c6ccc7c(c6)-c6ccccc6C7)ccc54)c3)c2)cc1.c1ccc(-c2ccc(-c3cc(-c4ccccc4)cc(-c4cccc(C5c6ccccc6-c6cc(-c7ccc8c(c7)-c7ccccc7C8)ccc65)c4)c3)cc2)cc1. The van der Waals surface area contributed by atoms with E-state index in [4.69, 9.17) is 0 Å². The molecule has 0 heteroatoms. The fourth-order valence-corrected chi connectivity index (χ4v) is 17.5. The average molecular weight is 1350 g/mol. The molecule has 4 aliphatic rings. The summed E-state index contributed by atoms with van der Waals surface area (Å²) in [4.78, 5) is 0. The molecular weight excluding hydrogens is 1270 g/mol. The van der Waals surface area contributed by atoms with E-state index in [0.717, 1.165) is 12.8 Å². The number of hydrogen-bond acceptors (Lipinski definition) is 0. The summed E-state index contributed by atoms with van der Waals surface area (Å²) in [5.74, 6) is 0.331. The summed E-state index contributed by atoms with van der Waals surface area (Å²) in [6, 6.07) is 148. The Bertz CT molecular complexity index is 6180. The minimum Gasteiger partial charge on any atom is -0.0622 e. The first kappa shape index (κ1) is 62.5. The molecule has 2 atom stereocenters. The van der Waals surface area contributed by atoms with Gasteiger partial charge in [0, 0.05) is 11.8 Å². The molecule has 0 saturated heterocycles. The predicted octanol–water partition coefficient (Wildman–Crippen LogP) is 27.8. The molecule has 0 aromatic heterocycles. The van der Waals surface area contributed by atoms with Crippen LogP contribution in [0.1, 0.15) is 67.5 Å².